The molecule has 2 aromatic carbocycles. The molecule has 1 aromatic heterocycles. The maximum Gasteiger partial charge on any atom is 0.178 e. The number of hydrogen-bond acceptors (Lipinski definition) is 4. The second kappa shape index (κ2) is 7.50. The predicted molar refractivity (Wildman–Crippen MR) is 122 cm³/mol. The lowest BCUT2D eigenvalue weighted by atomic mass is 9.82. The lowest BCUT2D eigenvalue weighted by molar-refractivity contribution is -0.00804. The number of halogens is 1. The number of aromatic nitrogens is 1. The number of hydrogen-bond donors (Lipinski definition) is 1. The summed E-state index contributed by atoms with van der Waals surface area (Å²) in [5, 5.41) is 1.56. The van der Waals surface area contributed by atoms with Gasteiger partial charge >= 0.3 is 0 Å². The highest BCUT2D eigenvalue weighted by molar-refractivity contribution is 6.31. The first-order valence-corrected chi connectivity index (χ1v) is 11.1. The number of rotatable bonds is 3. The fraction of sp³-hybridized carbons (Fsp3) is 0.360. The Morgan fingerprint density at radius 1 is 1.19 bits per heavy atom. The largest absolute Gasteiger partial charge is 0.486 e. The van der Waals surface area contributed by atoms with Crippen molar-refractivity contribution in [2.24, 2.45) is 0 Å². The van der Waals surface area contributed by atoms with Crippen molar-refractivity contribution in [3.63, 3.8) is 0 Å². The Balaban J connectivity index is 1.27. The SMILES string of the molecule is Cc1ccc2c(C(=O)CN3CCC4(CC3)CC(=O)c3cc(Cl)c(C)cc3O4)c[nH]c2c1. The van der Waals surface area contributed by atoms with Crippen LogP contribution in [0.25, 0.3) is 10.9 Å². The van der Waals surface area contributed by atoms with E-state index in [1.54, 1.807) is 6.07 Å². The molecule has 1 spiro atoms. The second-order valence-corrected chi connectivity index (χ2v) is 9.34. The van der Waals surface area contributed by atoms with Crippen LogP contribution >= 0.6 is 11.6 Å². The summed E-state index contributed by atoms with van der Waals surface area (Å²) < 4.78 is 6.36. The number of Topliss-reactive ketones (excluding diaryl/α,β-unsaturated/α-hetero) is 2. The van der Waals surface area contributed by atoms with E-state index in [2.05, 4.69) is 16.0 Å². The van der Waals surface area contributed by atoms with Crippen LogP contribution in [0.1, 0.15) is 51.1 Å². The van der Waals surface area contributed by atoms with Crippen LogP contribution in [-0.4, -0.2) is 46.7 Å². The molecule has 160 valence electrons. The summed E-state index contributed by atoms with van der Waals surface area (Å²) in [5.41, 5.74) is 3.89. The predicted octanol–water partition coefficient (Wildman–Crippen LogP) is 5.12. The number of H-pyrrole nitrogens is 1. The smallest absolute Gasteiger partial charge is 0.178 e. The van der Waals surface area contributed by atoms with Gasteiger partial charge in [0.15, 0.2) is 11.6 Å². The number of ether oxygens (including phenoxy) is 1. The van der Waals surface area contributed by atoms with Gasteiger partial charge in [-0.2, -0.15) is 0 Å². The van der Waals surface area contributed by atoms with Crippen LogP contribution < -0.4 is 4.74 Å². The van der Waals surface area contributed by atoms with E-state index in [4.69, 9.17) is 16.3 Å². The normalized spacial score (nSPS) is 18.2. The molecule has 0 unspecified atom stereocenters. The molecule has 0 aliphatic carbocycles. The summed E-state index contributed by atoms with van der Waals surface area (Å²) in [6, 6.07) is 9.68. The van der Waals surface area contributed by atoms with Gasteiger partial charge in [0, 0.05) is 53.6 Å². The molecule has 5 nitrogen and oxygen atoms in total. The molecule has 1 fully saturated rings. The lowest BCUT2D eigenvalue weighted by Gasteiger charge is -2.44. The number of benzene rings is 2. The minimum absolute atomic E-state index is 0.0850. The van der Waals surface area contributed by atoms with Gasteiger partial charge in [0.05, 0.1) is 18.5 Å². The lowest BCUT2D eigenvalue weighted by Crippen LogP contribution is -2.51. The zero-order valence-corrected chi connectivity index (χ0v) is 18.5. The van der Waals surface area contributed by atoms with Crippen molar-refractivity contribution in [3.8, 4) is 5.75 Å². The minimum atomic E-state index is -0.484. The van der Waals surface area contributed by atoms with Gasteiger partial charge in [-0.1, -0.05) is 23.7 Å². The number of nitrogens with zero attached hydrogens (tertiary/aromatic N) is 1. The topological polar surface area (TPSA) is 62.4 Å². The van der Waals surface area contributed by atoms with Crippen molar-refractivity contribution < 1.29 is 14.3 Å². The Bertz CT molecular complexity index is 1200. The molecule has 6 heteroatoms. The van der Waals surface area contributed by atoms with Gasteiger partial charge in [-0.3, -0.25) is 14.5 Å². The van der Waals surface area contributed by atoms with Crippen molar-refractivity contribution in [1.82, 2.24) is 9.88 Å². The van der Waals surface area contributed by atoms with E-state index in [0.29, 0.717) is 29.3 Å². The maximum absolute atomic E-state index is 13.0. The van der Waals surface area contributed by atoms with Crippen molar-refractivity contribution in [3.05, 3.63) is 63.8 Å². The fourth-order valence-corrected chi connectivity index (χ4v) is 4.93. The Labute approximate surface area is 186 Å². The standard InChI is InChI=1S/C25H25ClN2O3/c1-15-3-4-17-19(13-27-21(17)9-15)23(30)14-28-7-5-25(6-8-28)12-22(29)18-11-20(26)16(2)10-24(18)31-25/h3-4,9-11,13,27H,5-8,12,14H2,1-2H3. The highest BCUT2D eigenvalue weighted by Crippen LogP contribution is 2.41. The number of likely N-dealkylation sites (tertiary alicyclic amines) is 1. The second-order valence-electron chi connectivity index (χ2n) is 8.93. The molecule has 2 aliphatic heterocycles. The number of carbonyl (C=O) groups excluding carboxylic acids is 2. The summed E-state index contributed by atoms with van der Waals surface area (Å²) in [6.07, 6.45) is 3.62. The zero-order chi connectivity index (χ0) is 21.8. The van der Waals surface area contributed by atoms with Crippen LogP contribution in [-0.2, 0) is 0 Å². The highest BCUT2D eigenvalue weighted by atomic mass is 35.5. The molecule has 2 aliphatic rings. The average Bonchev–Trinajstić information content (AvgIpc) is 3.15. The van der Waals surface area contributed by atoms with E-state index in [0.717, 1.165) is 53.5 Å². The molecule has 0 saturated carbocycles. The Morgan fingerprint density at radius 2 is 1.97 bits per heavy atom. The first kappa shape index (κ1) is 20.3. The van der Waals surface area contributed by atoms with Gasteiger partial charge in [0.25, 0.3) is 0 Å². The number of carbonyl (C=O) groups is 2. The van der Waals surface area contributed by atoms with Crippen molar-refractivity contribution in [1.29, 1.82) is 0 Å². The summed E-state index contributed by atoms with van der Waals surface area (Å²) in [5.74, 6) is 0.834. The molecule has 0 atom stereocenters. The molecular weight excluding hydrogens is 412 g/mol. The molecule has 0 radical (unpaired) electrons. The van der Waals surface area contributed by atoms with Gasteiger partial charge in [-0.05, 0) is 43.2 Å². The first-order valence-electron chi connectivity index (χ1n) is 10.7. The van der Waals surface area contributed by atoms with Gasteiger partial charge in [-0.25, -0.2) is 0 Å². The molecule has 3 aromatic rings. The highest BCUT2D eigenvalue weighted by Gasteiger charge is 2.43. The van der Waals surface area contributed by atoms with Crippen LogP contribution in [0.15, 0.2) is 36.5 Å². The summed E-state index contributed by atoms with van der Waals surface area (Å²) in [4.78, 5) is 31.1. The van der Waals surface area contributed by atoms with Crippen molar-refractivity contribution in [2.75, 3.05) is 19.6 Å². The number of nitrogens with one attached hydrogen (secondary N) is 1. The van der Waals surface area contributed by atoms with Gasteiger partial charge in [-0.15, -0.1) is 0 Å². The monoisotopic (exact) mass is 436 g/mol. The van der Waals surface area contributed by atoms with Gasteiger partial charge in [0.2, 0.25) is 0 Å². The fourth-order valence-electron chi connectivity index (χ4n) is 4.77. The van der Waals surface area contributed by atoms with E-state index in [1.807, 2.05) is 38.2 Å². The van der Waals surface area contributed by atoms with E-state index >= 15 is 0 Å². The molecule has 0 bridgehead atoms. The average molecular weight is 437 g/mol. The molecule has 31 heavy (non-hydrogen) atoms. The Kier molecular flexibility index (Phi) is 4.91. The Morgan fingerprint density at radius 3 is 2.74 bits per heavy atom. The van der Waals surface area contributed by atoms with Crippen LogP contribution in [0.4, 0.5) is 0 Å². The van der Waals surface area contributed by atoms with Crippen molar-refractivity contribution in [2.45, 2.75) is 38.7 Å². The van der Waals surface area contributed by atoms with Crippen LogP contribution in [0, 0.1) is 13.8 Å². The molecular formula is C25H25ClN2O3. The van der Waals surface area contributed by atoms with Crippen LogP contribution in [0.5, 0.6) is 5.75 Å². The molecule has 0 amide bonds. The van der Waals surface area contributed by atoms with E-state index in [-0.39, 0.29) is 11.6 Å². The molecule has 5 rings (SSSR count). The van der Waals surface area contributed by atoms with Crippen molar-refractivity contribution >= 4 is 34.1 Å². The number of aryl methyl sites for hydroxylation is 2. The number of fused-ring (bicyclic) bond motifs is 2. The maximum atomic E-state index is 13.0. The Hall–Kier alpha value is -2.63. The number of piperidine rings is 1. The molecule has 3 heterocycles. The third-order valence-electron chi connectivity index (χ3n) is 6.64. The zero-order valence-electron chi connectivity index (χ0n) is 17.8. The summed E-state index contributed by atoms with van der Waals surface area (Å²) in [6.45, 7) is 5.77. The van der Waals surface area contributed by atoms with Crippen LogP contribution in [0.2, 0.25) is 5.02 Å². The van der Waals surface area contributed by atoms with Gasteiger partial charge < -0.3 is 9.72 Å². The quantitative estimate of drug-likeness (QED) is 0.579. The van der Waals surface area contributed by atoms with E-state index in [1.165, 1.54) is 0 Å². The third kappa shape index (κ3) is 3.66. The minimum Gasteiger partial charge on any atom is -0.486 e. The van der Waals surface area contributed by atoms with Crippen LogP contribution in [0.3, 0.4) is 0 Å². The van der Waals surface area contributed by atoms with Gasteiger partial charge in [0.1, 0.15) is 11.4 Å². The van der Waals surface area contributed by atoms with E-state index in [9.17, 15) is 9.59 Å². The number of aromatic amines is 1. The first-order chi connectivity index (χ1) is 14.8. The third-order valence-corrected chi connectivity index (χ3v) is 7.05. The summed E-state index contributed by atoms with van der Waals surface area (Å²) >= 11 is 6.19. The summed E-state index contributed by atoms with van der Waals surface area (Å²) in [7, 11) is 0. The van der Waals surface area contributed by atoms with E-state index < -0.39 is 5.60 Å². The number of ketones is 2. The molecule has 1 N–H and O–H groups in total. The molecule has 1 saturated heterocycles.